The van der Waals surface area contributed by atoms with Crippen LogP contribution < -0.4 is 5.73 Å². The van der Waals surface area contributed by atoms with Crippen molar-refractivity contribution in [2.75, 3.05) is 0 Å². The summed E-state index contributed by atoms with van der Waals surface area (Å²) in [5.41, 5.74) is 7.10. The summed E-state index contributed by atoms with van der Waals surface area (Å²) in [4.78, 5) is 0. The standard InChI is InChI=1S/C13H17ClFN/c14-12-8-10(15)6-7-11(12)13(16)9-4-2-1-3-5-9/h6-9,13H,1-5,16H2/t13-/m0/s1. The summed E-state index contributed by atoms with van der Waals surface area (Å²) < 4.78 is 12.9. The summed E-state index contributed by atoms with van der Waals surface area (Å²) in [6.45, 7) is 0. The topological polar surface area (TPSA) is 26.0 Å². The van der Waals surface area contributed by atoms with Gasteiger partial charge in [-0.1, -0.05) is 36.9 Å². The molecule has 1 fully saturated rings. The lowest BCUT2D eigenvalue weighted by Gasteiger charge is -2.28. The minimum absolute atomic E-state index is 0.0478. The predicted molar refractivity (Wildman–Crippen MR) is 64.9 cm³/mol. The molecular weight excluding hydrogens is 225 g/mol. The zero-order valence-electron chi connectivity index (χ0n) is 9.26. The van der Waals surface area contributed by atoms with E-state index in [0.717, 1.165) is 18.4 Å². The molecule has 88 valence electrons. The summed E-state index contributed by atoms with van der Waals surface area (Å²) in [5.74, 6) is 0.196. The first-order valence-corrected chi connectivity index (χ1v) is 6.27. The largest absolute Gasteiger partial charge is 0.324 e. The lowest BCUT2D eigenvalue weighted by Crippen LogP contribution is -2.23. The smallest absolute Gasteiger partial charge is 0.124 e. The summed E-state index contributed by atoms with van der Waals surface area (Å²) in [7, 11) is 0. The van der Waals surface area contributed by atoms with E-state index >= 15 is 0 Å². The van der Waals surface area contributed by atoms with E-state index in [9.17, 15) is 4.39 Å². The van der Waals surface area contributed by atoms with Gasteiger partial charge in [0.2, 0.25) is 0 Å². The molecule has 0 spiro atoms. The molecule has 0 amide bonds. The van der Waals surface area contributed by atoms with Crippen LogP contribution in [-0.2, 0) is 0 Å². The van der Waals surface area contributed by atoms with E-state index in [1.807, 2.05) is 0 Å². The zero-order chi connectivity index (χ0) is 11.5. The van der Waals surface area contributed by atoms with Gasteiger partial charge >= 0.3 is 0 Å². The zero-order valence-corrected chi connectivity index (χ0v) is 10.0. The highest BCUT2D eigenvalue weighted by atomic mass is 35.5. The molecule has 0 heterocycles. The number of benzene rings is 1. The number of nitrogens with two attached hydrogens (primary N) is 1. The highest BCUT2D eigenvalue weighted by Gasteiger charge is 2.23. The third kappa shape index (κ3) is 2.55. The number of halogens is 2. The van der Waals surface area contributed by atoms with Crippen molar-refractivity contribution in [3.8, 4) is 0 Å². The first-order chi connectivity index (χ1) is 7.68. The van der Waals surface area contributed by atoms with Gasteiger partial charge in [0.15, 0.2) is 0 Å². The first-order valence-electron chi connectivity index (χ1n) is 5.89. The van der Waals surface area contributed by atoms with Crippen molar-refractivity contribution in [2.24, 2.45) is 11.7 Å². The van der Waals surface area contributed by atoms with Crippen molar-refractivity contribution >= 4 is 11.6 Å². The highest BCUT2D eigenvalue weighted by molar-refractivity contribution is 6.31. The Hall–Kier alpha value is -0.600. The van der Waals surface area contributed by atoms with Crippen LogP contribution in [0.25, 0.3) is 0 Å². The first kappa shape index (κ1) is 11.9. The van der Waals surface area contributed by atoms with Crippen LogP contribution in [0.4, 0.5) is 4.39 Å². The molecule has 3 heteroatoms. The molecule has 1 nitrogen and oxygen atoms in total. The summed E-state index contributed by atoms with van der Waals surface area (Å²) in [6, 6.07) is 4.45. The quantitative estimate of drug-likeness (QED) is 0.830. The molecule has 0 bridgehead atoms. The van der Waals surface area contributed by atoms with Crippen LogP contribution in [-0.4, -0.2) is 0 Å². The van der Waals surface area contributed by atoms with Crippen LogP contribution in [0, 0.1) is 11.7 Å². The maximum atomic E-state index is 12.9. The fourth-order valence-electron chi connectivity index (χ4n) is 2.52. The predicted octanol–water partition coefficient (Wildman–Crippen LogP) is 4.06. The minimum atomic E-state index is -0.301. The van der Waals surface area contributed by atoms with Gasteiger partial charge in [0.25, 0.3) is 0 Å². The van der Waals surface area contributed by atoms with Crippen molar-refractivity contribution in [3.05, 3.63) is 34.6 Å². The van der Waals surface area contributed by atoms with E-state index in [0.29, 0.717) is 10.9 Å². The average Bonchev–Trinajstić information content (AvgIpc) is 2.29. The molecule has 0 unspecified atom stereocenters. The Labute approximate surface area is 101 Å². The van der Waals surface area contributed by atoms with Gasteiger partial charge in [0.05, 0.1) is 0 Å². The molecular formula is C13H17ClFN. The highest BCUT2D eigenvalue weighted by Crippen LogP contribution is 2.35. The third-order valence-corrected chi connectivity index (χ3v) is 3.81. The number of hydrogen-bond donors (Lipinski definition) is 1. The monoisotopic (exact) mass is 241 g/mol. The molecule has 1 aliphatic carbocycles. The van der Waals surface area contributed by atoms with Crippen molar-refractivity contribution in [1.82, 2.24) is 0 Å². The molecule has 0 radical (unpaired) electrons. The van der Waals surface area contributed by atoms with Crippen LogP contribution in [0.3, 0.4) is 0 Å². The van der Waals surface area contributed by atoms with Crippen LogP contribution in [0.1, 0.15) is 43.7 Å². The van der Waals surface area contributed by atoms with Crippen LogP contribution in [0.15, 0.2) is 18.2 Å². The van der Waals surface area contributed by atoms with Crippen LogP contribution in [0.5, 0.6) is 0 Å². The maximum absolute atomic E-state index is 12.9. The van der Waals surface area contributed by atoms with Gasteiger partial charge in [-0.3, -0.25) is 0 Å². The second-order valence-corrected chi connectivity index (χ2v) is 5.00. The van der Waals surface area contributed by atoms with E-state index in [2.05, 4.69) is 0 Å². The van der Waals surface area contributed by atoms with Crippen LogP contribution in [0.2, 0.25) is 5.02 Å². The van der Waals surface area contributed by atoms with E-state index < -0.39 is 0 Å². The molecule has 2 N–H and O–H groups in total. The Kier molecular flexibility index (Phi) is 3.82. The summed E-state index contributed by atoms with van der Waals surface area (Å²) >= 11 is 6.02. The van der Waals surface area contributed by atoms with E-state index in [1.165, 1.54) is 31.4 Å². The second kappa shape index (κ2) is 5.15. The fraction of sp³-hybridized carbons (Fsp3) is 0.538. The molecule has 1 atom stereocenters. The normalized spacial score (nSPS) is 19.7. The summed E-state index contributed by atoms with van der Waals surface area (Å²) in [6.07, 6.45) is 6.12. The Morgan fingerprint density at radius 3 is 2.56 bits per heavy atom. The molecule has 2 rings (SSSR count). The van der Waals surface area contributed by atoms with Crippen LogP contribution >= 0.6 is 11.6 Å². The van der Waals surface area contributed by atoms with Crippen molar-refractivity contribution in [3.63, 3.8) is 0 Å². The molecule has 0 aromatic heterocycles. The summed E-state index contributed by atoms with van der Waals surface area (Å²) in [5, 5.41) is 0.457. The molecule has 1 saturated carbocycles. The molecule has 16 heavy (non-hydrogen) atoms. The van der Waals surface area contributed by atoms with E-state index in [1.54, 1.807) is 6.07 Å². The fourth-order valence-corrected chi connectivity index (χ4v) is 2.81. The van der Waals surface area contributed by atoms with Gasteiger partial charge in [-0.2, -0.15) is 0 Å². The second-order valence-electron chi connectivity index (χ2n) is 4.59. The molecule has 1 aliphatic rings. The SMILES string of the molecule is N[C@H](c1ccc(F)cc1Cl)C1CCCCC1. The lowest BCUT2D eigenvalue weighted by atomic mass is 9.81. The average molecular weight is 242 g/mol. The Morgan fingerprint density at radius 2 is 1.94 bits per heavy atom. The van der Waals surface area contributed by atoms with Gasteiger partial charge in [-0.05, 0) is 36.5 Å². The number of rotatable bonds is 2. The molecule has 0 saturated heterocycles. The van der Waals surface area contributed by atoms with Crippen molar-refractivity contribution < 1.29 is 4.39 Å². The van der Waals surface area contributed by atoms with Gasteiger partial charge in [0, 0.05) is 11.1 Å². The van der Waals surface area contributed by atoms with Gasteiger partial charge in [-0.25, -0.2) is 4.39 Å². The van der Waals surface area contributed by atoms with Gasteiger partial charge in [-0.15, -0.1) is 0 Å². The van der Waals surface area contributed by atoms with Crippen molar-refractivity contribution in [2.45, 2.75) is 38.1 Å². The van der Waals surface area contributed by atoms with Crippen molar-refractivity contribution in [1.29, 1.82) is 0 Å². The van der Waals surface area contributed by atoms with Gasteiger partial charge in [0.1, 0.15) is 5.82 Å². The molecule has 1 aromatic carbocycles. The molecule has 1 aromatic rings. The number of hydrogen-bond acceptors (Lipinski definition) is 1. The van der Waals surface area contributed by atoms with Gasteiger partial charge < -0.3 is 5.73 Å². The third-order valence-electron chi connectivity index (χ3n) is 3.48. The minimum Gasteiger partial charge on any atom is -0.324 e. The Balaban J connectivity index is 2.15. The van der Waals surface area contributed by atoms with E-state index in [4.69, 9.17) is 17.3 Å². The van der Waals surface area contributed by atoms with E-state index in [-0.39, 0.29) is 11.9 Å². The maximum Gasteiger partial charge on any atom is 0.124 e. The lowest BCUT2D eigenvalue weighted by molar-refractivity contribution is 0.308. The Morgan fingerprint density at radius 1 is 1.25 bits per heavy atom. The molecule has 0 aliphatic heterocycles. The Bertz CT molecular complexity index is 361.